The fraction of sp³-hybridized carbons (Fsp3) is 0.158. The second kappa shape index (κ2) is 7.11. The molecule has 2 N–H and O–H groups in total. The molecule has 128 valence electrons. The highest BCUT2D eigenvalue weighted by atomic mass is 79.9. The molecule has 0 spiro atoms. The van der Waals surface area contributed by atoms with Gasteiger partial charge in [0.1, 0.15) is 0 Å². The van der Waals surface area contributed by atoms with Crippen molar-refractivity contribution in [2.45, 2.75) is 6.54 Å². The summed E-state index contributed by atoms with van der Waals surface area (Å²) in [5, 5.41) is 3.68. The van der Waals surface area contributed by atoms with Crippen LogP contribution in [0, 0.1) is 0 Å². The first-order chi connectivity index (χ1) is 12.0. The molecule has 1 aromatic heterocycles. The van der Waals surface area contributed by atoms with Gasteiger partial charge in [-0.05, 0) is 17.7 Å². The molecule has 1 heterocycles. The molecule has 6 heteroatoms. The Morgan fingerprint density at radius 1 is 1.12 bits per heavy atom. The monoisotopic (exact) mass is 399 g/mol. The summed E-state index contributed by atoms with van der Waals surface area (Å²) < 4.78 is 0.887. The fourth-order valence-electron chi connectivity index (χ4n) is 2.58. The number of aromatic amines is 1. The number of amides is 2. The van der Waals surface area contributed by atoms with E-state index in [0.717, 1.165) is 20.9 Å². The van der Waals surface area contributed by atoms with Crippen LogP contribution in [0.15, 0.2) is 53.1 Å². The van der Waals surface area contributed by atoms with Gasteiger partial charge in [0.2, 0.25) is 0 Å². The van der Waals surface area contributed by atoms with Crippen molar-refractivity contribution in [3.05, 3.63) is 69.8 Å². The number of carbonyl (C=O) groups is 2. The number of halogens is 1. The Balaban J connectivity index is 1.80. The van der Waals surface area contributed by atoms with E-state index >= 15 is 0 Å². The Morgan fingerprint density at radius 3 is 2.52 bits per heavy atom. The molecule has 3 aromatic rings. The van der Waals surface area contributed by atoms with Crippen LogP contribution in [0.25, 0.3) is 10.9 Å². The molecule has 0 aliphatic heterocycles. The first kappa shape index (κ1) is 17.2. The van der Waals surface area contributed by atoms with E-state index in [1.165, 1.54) is 4.90 Å². The van der Waals surface area contributed by atoms with Gasteiger partial charge >= 0.3 is 6.03 Å². The number of H-pyrrole nitrogens is 1. The smallest absolute Gasteiger partial charge is 0.317 e. The zero-order chi connectivity index (χ0) is 18.0. The van der Waals surface area contributed by atoms with Crippen LogP contribution in [0.2, 0.25) is 0 Å². The van der Waals surface area contributed by atoms with Crippen LogP contribution < -0.4 is 5.32 Å². The molecule has 0 radical (unpaired) electrons. The third-order valence-corrected chi connectivity index (χ3v) is 4.63. The summed E-state index contributed by atoms with van der Waals surface area (Å²) in [4.78, 5) is 29.0. The zero-order valence-corrected chi connectivity index (χ0v) is 15.6. The minimum atomic E-state index is -0.149. The number of benzene rings is 2. The maximum atomic E-state index is 12.8. The number of nitrogens with one attached hydrogen (secondary N) is 2. The topological polar surface area (TPSA) is 65.2 Å². The van der Waals surface area contributed by atoms with Crippen molar-refractivity contribution in [2.24, 2.45) is 0 Å². The molecule has 2 aromatic carbocycles. The Hall–Kier alpha value is -2.60. The van der Waals surface area contributed by atoms with Crippen LogP contribution in [0.4, 0.5) is 4.79 Å². The molecule has 2 amide bonds. The summed E-state index contributed by atoms with van der Waals surface area (Å²) in [6.07, 6.45) is 1.74. The van der Waals surface area contributed by atoms with Gasteiger partial charge < -0.3 is 15.2 Å². The van der Waals surface area contributed by atoms with Crippen molar-refractivity contribution < 1.29 is 9.59 Å². The molecule has 25 heavy (non-hydrogen) atoms. The van der Waals surface area contributed by atoms with Crippen molar-refractivity contribution in [3.8, 4) is 0 Å². The van der Waals surface area contributed by atoms with Crippen LogP contribution >= 0.6 is 15.9 Å². The van der Waals surface area contributed by atoms with Gasteiger partial charge in [-0.15, -0.1) is 0 Å². The Morgan fingerprint density at radius 2 is 1.84 bits per heavy atom. The number of ketones is 1. The predicted molar refractivity (Wildman–Crippen MR) is 102 cm³/mol. The quantitative estimate of drug-likeness (QED) is 0.652. The van der Waals surface area contributed by atoms with E-state index in [1.54, 1.807) is 32.4 Å². The minimum absolute atomic E-state index is 0.0398. The molecule has 0 atom stereocenters. The number of hydrogen-bond acceptors (Lipinski definition) is 2. The third-order valence-electron chi connectivity index (χ3n) is 3.97. The van der Waals surface area contributed by atoms with E-state index in [1.807, 2.05) is 30.3 Å². The lowest BCUT2D eigenvalue weighted by Gasteiger charge is -2.12. The van der Waals surface area contributed by atoms with Crippen molar-refractivity contribution in [3.63, 3.8) is 0 Å². The molecule has 0 saturated heterocycles. The maximum Gasteiger partial charge on any atom is 0.317 e. The lowest BCUT2D eigenvalue weighted by molar-refractivity contribution is 0.104. The highest BCUT2D eigenvalue weighted by Gasteiger charge is 2.16. The number of rotatable bonds is 4. The number of hydrogen-bond donors (Lipinski definition) is 2. The number of carbonyl (C=O) groups excluding carboxylic acids is 2. The summed E-state index contributed by atoms with van der Waals surface area (Å²) in [6.45, 7) is 0.421. The van der Waals surface area contributed by atoms with Crippen LogP contribution in [0.1, 0.15) is 21.5 Å². The van der Waals surface area contributed by atoms with E-state index in [2.05, 4.69) is 26.2 Å². The normalized spacial score (nSPS) is 10.7. The molecular formula is C19H18BrN3O2. The zero-order valence-electron chi connectivity index (χ0n) is 14.0. The Kier molecular flexibility index (Phi) is 4.90. The lowest BCUT2D eigenvalue weighted by Crippen LogP contribution is -2.33. The molecule has 0 unspecified atom stereocenters. The number of aromatic nitrogens is 1. The van der Waals surface area contributed by atoms with Crippen LogP contribution in [0.5, 0.6) is 0 Å². The second-order valence-electron chi connectivity index (χ2n) is 5.94. The van der Waals surface area contributed by atoms with Gasteiger partial charge in [0.25, 0.3) is 0 Å². The van der Waals surface area contributed by atoms with E-state index in [-0.39, 0.29) is 11.8 Å². The molecule has 0 saturated carbocycles. The minimum Gasteiger partial charge on any atom is -0.360 e. The Labute approximate surface area is 154 Å². The number of fused-ring (bicyclic) bond motifs is 1. The molecule has 0 fully saturated rings. The maximum absolute atomic E-state index is 12.8. The standard InChI is InChI=1S/C19H18BrN3O2/c1-23(2)19(25)22-10-12-6-8-13(9-7-12)18(24)14-11-21-16-5-3-4-15(20)17(14)16/h3-9,11,21H,10H2,1-2H3,(H,22,25). The third kappa shape index (κ3) is 3.58. The van der Waals surface area contributed by atoms with Gasteiger partial charge in [-0.3, -0.25) is 4.79 Å². The molecule has 0 bridgehead atoms. The van der Waals surface area contributed by atoms with E-state index < -0.39 is 0 Å². The van der Waals surface area contributed by atoms with Crippen molar-refractivity contribution in [1.29, 1.82) is 0 Å². The predicted octanol–water partition coefficient (Wildman–Crippen LogP) is 3.93. The van der Waals surface area contributed by atoms with Crippen LogP contribution in [-0.2, 0) is 6.54 Å². The van der Waals surface area contributed by atoms with Gasteiger partial charge in [-0.1, -0.05) is 46.3 Å². The Bertz CT molecular complexity index is 929. The first-order valence-corrected chi connectivity index (χ1v) is 8.61. The van der Waals surface area contributed by atoms with Crippen molar-refractivity contribution in [2.75, 3.05) is 14.1 Å². The lowest BCUT2D eigenvalue weighted by atomic mass is 10.0. The highest BCUT2D eigenvalue weighted by Crippen LogP contribution is 2.28. The van der Waals surface area contributed by atoms with E-state index in [0.29, 0.717) is 17.7 Å². The molecule has 5 nitrogen and oxygen atoms in total. The fourth-order valence-corrected chi connectivity index (χ4v) is 3.16. The van der Waals surface area contributed by atoms with E-state index in [4.69, 9.17) is 0 Å². The molecule has 0 aliphatic rings. The first-order valence-electron chi connectivity index (χ1n) is 7.82. The largest absolute Gasteiger partial charge is 0.360 e. The SMILES string of the molecule is CN(C)C(=O)NCc1ccc(C(=O)c2c[nH]c3cccc(Br)c23)cc1. The summed E-state index contributed by atoms with van der Waals surface area (Å²) in [6, 6.07) is 12.9. The summed E-state index contributed by atoms with van der Waals surface area (Å²) in [5.74, 6) is -0.0398. The van der Waals surface area contributed by atoms with Crippen LogP contribution in [0.3, 0.4) is 0 Å². The molecular weight excluding hydrogens is 382 g/mol. The van der Waals surface area contributed by atoms with Gasteiger partial charge in [0.15, 0.2) is 5.78 Å². The van der Waals surface area contributed by atoms with Gasteiger partial charge in [-0.25, -0.2) is 4.79 Å². The average molecular weight is 400 g/mol. The van der Waals surface area contributed by atoms with Gasteiger partial charge in [0, 0.05) is 53.3 Å². The highest BCUT2D eigenvalue weighted by molar-refractivity contribution is 9.10. The number of urea groups is 1. The number of nitrogens with zero attached hydrogens (tertiary/aromatic N) is 1. The van der Waals surface area contributed by atoms with Crippen molar-refractivity contribution in [1.82, 2.24) is 15.2 Å². The molecule has 3 rings (SSSR count). The van der Waals surface area contributed by atoms with Crippen LogP contribution in [-0.4, -0.2) is 35.8 Å². The van der Waals surface area contributed by atoms with E-state index in [9.17, 15) is 9.59 Å². The average Bonchev–Trinajstić information content (AvgIpc) is 3.05. The van der Waals surface area contributed by atoms with Gasteiger partial charge in [0.05, 0.1) is 0 Å². The summed E-state index contributed by atoms with van der Waals surface area (Å²) in [5.41, 5.74) is 3.10. The van der Waals surface area contributed by atoms with Crippen molar-refractivity contribution >= 4 is 38.6 Å². The van der Waals surface area contributed by atoms with Gasteiger partial charge in [-0.2, -0.15) is 0 Å². The summed E-state index contributed by atoms with van der Waals surface area (Å²) >= 11 is 3.51. The second-order valence-corrected chi connectivity index (χ2v) is 6.80. The summed E-state index contributed by atoms with van der Waals surface area (Å²) in [7, 11) is 3.38. The molecule has 0 aliphatic carbocycles.